The first-order valence-electron chi connectivity index (χ1n) is 14.2. The summed E-state index contributed by atoms with van der Waals surface area (Å²) in [6.45, 7) is 7.29. The normalized spacial score (nSPS) is 15.6. The maximum absolute atomic E-state index is 13.0. The molecule has 5 N–H and O–H groups in total. The fourth-order valence-electron chi connectivity index (χ4n) is 5.01. The minimum Gasteiger partial charge on any atom is -0.465 e. The number of aryl methyl sites for hydroxylation is 1. The largest absolute Gasteiger partial charge is 0.465 e. The van der Waals surface area contributed by atoms with Gasteiger partial charge in [-0.2, -0.15) is 0 Å². The molecule has 4 rings (SSSR count). The molecule has 42 heavy (non-hydrogen) atoms. The van der Waals surface area contributed by atoms with E-state index in [2.05, 4.69) is 20.9 Å². The monoisotopic (exact) mass is 598 g/mol. The second-order valence-electron chi connectivity index (χ2n) is 11.5. The van der Waals surface area contributed by atoms with Gasteiger partial charge in [0.1, 0.15) is 0 Å². The molecule has 0 fully saturated rings. The molecule has 0 aliphatic heterocycles. The minimum atomic E-state index is -1.08. The SMILES string of the molecule is CC(C)(C)C(COCCOCCNC(=O)c1ccc(C(=O)NC2CCCc3c2[nH]c2ccc(Cl)cc32)cc1)NC(=O)O. The van der Waals surface area contributed by atoms with E-state index in [0.29, 0.717) is 42.5 Å². The zero-order valence-electron chi connectivity index (χ0n) is 24.2. The highest BCUT2D eigenvalue weighted by Gasteiger charge is 2.27. The third kappa shape index (κ3) is 8.24. The van der Waals surface area contributed by atoms with E-state index in [-0.39, 0.29) is 35.9 Å². The molecule has 10 nitrogen and oxygen atoms in total. The second-order valence-corrected chi connectivity index (χ2v) is 12.0. The molecule has 2 aromatic carbocycles. The van der Waals surface area contributed by atoms with Crippen LogP contribution in [0.1, 0.15) is 71.6 Å². The zero-order chi connectivity index (χ0) is 30.3. The lowest BCUT2D eigenvalue weighted by Crippen LogP contribution is -2.46. The van der Waals surface area contributed by atoms with E-state index < -0.39 is 6.09 Å². The Morgan fingerprint density at radius 1 is 1.02 bits per heavy atom. The van der Waals surface area contributed by atoms with E-state index in [1.54, 1.807) is 24.3 Å². The summed E-state index contributed by atoms with van der Waals surface area (Å²) in [6.07, 6.45) is 1.66. The third-order valence-electron chi connectivity index (χ3n) is 7.42. The molecular weight excluding hydrogens is 560 g/mol. The molecule has 0 radical (unpaired) electrons. The molecule has 226 valence electrons. The Kier molecular flexibility index (Phi) is 10.5. The van der Waals surface area contributed by atoms with E-state index in [4.69, 9.17) is 26.2 Å². The van der Waals surface area contributed by atoms with Crippen LogP contribution in [0.5, 0.6) is 0 Å². The van der Waals surface area contributed by atoms with Gasteiger partial charge in [0.2, 0.25) is 0 Å². The number of amides is 3. The average molecular weight is 599 g/mol. The van der Waals surface area contributed by atoms with Gasteiger partial charge in [-0.25, -0.2) is 4.79 Å². The summed E-state index contributed by atoms with van der Waals surface area (Å²) in [5, 5.41) is 19.2. The quantitative estimate of drug-likeness (QED) is 0.184. The van der Waals surface area contributed by atoms with Crippen molar-refractivity contribution in [1.29, 1.82) is 0 Å². The average Bonchev–Trinajstić information content (AvgIpc) is 3.31. The molecule has 0 saturated carbocycles. The molecule has 0 spiro atoms. The van der Waals surface area contributed by atoms with Gasteiger partial charge in [0.05, 0.1) is 38.5 Å². The fraction of sp³-hybridized carbons (Fsp3) is 0.452. The van der Waals surface area contributed by atoms with E-state index in [9.17, 15) is 14.4 Å². The number of carbonyl (C=O) groups is 3. The van der Waals surface area contributed by atoms with Crippen LogP contribution < -0.4 is 16.0 Å². The highest BCUT2D eigenvalue weighted by Crippen LogP contribution is 2.36. The summed E-state index contributed by atoms with van der Waals surface area (Å²) in [7, 11) is 0. The number of rotatable bonds is 12. The minimum absolute atomic E-state index is 0.123. The highest BCUT2D eigenvalue weighted by molar-refractivity contribution is 6.31. The number of ether oxygens (including phenoxy) is 2. The number of hydrogen-bond acceptors (Lipinski definition) is 5. The number of fused-ring (bicyclic) bond motifs is 3. The molecule has 0 saturated heterocycles. The number of aromatic nitrogens is 1. The van der Waals surface area contributed by atoms with Crippen molar-refractivity contribution < 1.29 is 29.0 Å². The Bertz CT molecular complexity index is 1400. The van der Waals surface area contributed by atoms with Gasteiger partial charge in [0, 0.05) is 39.3 Å². The lowest BCUT2D eigenvalue weighted by atomic mass is 9.87. The van der Waals surface area contributed by atoms with Crippen LogP contribution in [-0.2, 0) is 15.9 Å². The van der Waals surface area contributed by atoms with E-state index in [1.165, 1.54) is 5.56 Å². The molecule has 2 unspecified atom stereocenters. The maximum Gasteiger partial charge on any atom is 0.404 e. The van der Waals surface area contributed by atoms with Crippen LogP contribution in [0, 0.1) is 5.41 Å². The predicted molar refractivity (Wildman–Crippen MR) is 161 cm³/mol. The Morgan fingerprint density at radius 2 is 1.71 bits per heavy atom. The van der Waals surface area contributed by atoms with Gasteiger partial charge < -0.3 is 35.5 Å². The lowest BCUT2D eigenvalue weighted by Gasteiger charge is -2.30. The second kappa shape index (κ2) is 14.0. The first-order valence-corrected chi connectivity index (χ1v) is 14.5. The van der Waals surface area contributed by atoms with Gasteiger partial charge >= 0.3 is 6.09 Å². The van der Waals surface area contributed by atoms with Crippen molar-refractivity contribution in [3.05, 3.63) is 69.9 Å². The van der Waals surface area contributed by atoms with E-state index in [0.717, 1.165) is 35.9 Å². The molecule has 1 aromatic heterocycles. The summed E-state index contributed by atoms with van der Waals surface area (Å²) < 4.78 is 11.1. The topological polar surface area (TPSA) is 142 Å². The number of benzene rings is 2. The van der Waals surface area contributed by atoms with Crippen molar-refractivity contribution in [3.63, 3.8) is 0 Å². The summed E-state index contributed by atoms with van der Waals surface area (Å²) in [4.78, 5) is 40.0. The molecule has 1 heterocycles. The van der Waals surface area contributed by atoms with Crippen molar-refractivity contribution in [3.8, 4) is 0 Å². The van der Waals surface area contributed by atoms with Crippen LogP contribution in [0.3, 0.4) is 0 Å². The Balaban J connectivity index is 1.18. The molecule has 1 aliphatic carbocycles. The van der Waals surface area contributed by atoms with Crippen molar-refractivity contribution in [2.24, 2.45) is 5.41 Å². The van der Waals surface area contributed by atoms with Gasteiger partial charge in [0.25, 0.3) is 11.8 Å². The van der Waals surface area contributed by atoms with Gasteiger partial charge in [0.15, 0.2) is 0 Å². The van der Waals surface area contributed by atoms with E-state index in [1.807, 2.05) is 39.0 Å². The van der Waals surface area contributed by atoms with Gasteiger partial charge in [-0.3, -0.25) is 9.59 Å². The fourth-order valence-corrected chi connectivity index (χ4v) is 5.18. The molecule has 3 aromatic rings. The molecule has 0 bridgehead atoms. The first-order chi connectivity index (χ1) is 20.0. The molecular formula is C31H39ClN4O6. The number of nitrogens with one attached hydrogen (secondary N) is 4. The van der Waals surface area contributed by atoms with Crippen molar-refractivity contribution in [2.45, 2.75) is 52.1 Å². The van der Waals surface area contributed by atoms with Crippen LogP contribution in [0.2, 0.25) is 5.02 Å². The molecule has 11 heteroatoms. The molecule has 1 aliphatic rings. The molecule has 3 amide bonds. The standard InChI is InChI=1S/C31H39ClN4O6/c1-31(2,3)26(36-30(39)40)18-42-16-15-41-14-13-33-28(37)19-7-9-20(10-8-19)29(38)35-25-6-4-5-22-23-17-21(32)11-12-24(23)34-27(22)25/h7-12,17,25-26,34,36H,4-6,13-16,18H2,1-3H3,(H,33,37)(H,35,38)(H,39,40). The maximum atomic E-state index is 13.0. The number of hydrogen-bond donors (Lipinski definition) is 5. The third-order valence-corrected chi connectivity index (χ3v) is 7.65. The summed E-state index contributed by atoms with van der Waals surface area (Å²) >= 11 is 6.21. The Morgan fingerprint density at radius 3 is 2.40 bits per heavy atom. The highest BCUT2D eigenvalue weighted by atomic mass is 35.5. The van der Waals surface area contributed by atoms with Crippen LogP contribution in [0.15, 0.2) is 42.5 Å². The first kappa shape index (κ1) is 31.3. The smallest absolute Gasteiger partial charge is 0.404 e. The van der Waals surface area contributed by atoms with Gasteiger partial charge in [-0.05, 0) is 72.7 Å². The summed E-state index contributed by atoms with van der Waals surface area (Å²) in [6, 6.07) is 11.9. The zero-order valence-corrected chi connectivity index (χ0v) is 25.0. The number of halogens is 1. The number of carbonyl (C=O) groups excluding carboxylic acids is 2. The number of aromatic amines is 1. The van der Waals surface area contributed by atoms with Crippen LogP contribution >= 0.6 is 11.6 Å². The van der Waals surface area contributed by atoms with Crippen LogP contribution in [-0.4, -0.2) is 67.0 Å². The molecule has 2 atom stereocenters. The number of H-pyrrole nitrogens is 1. The van der Waals surface area contributed by atoms with Crippen LogP contribution in [0.25, 0.3) is 10.9 Å². The van der Waals surface area contributed by atoms with Crippen molar-refractivity contribution in [1.82, 2.24) is 20.9 Å². The van der Waals surface area contributed by atoms with Crippen molar-refractivity contribution >= 4 is 40.4 Å². The Labute approximate surface area is 250 Å². The van der Waals surface area contributed by atoms with Gasteiger partial charge in [-0.1, -0.05) is 32.4 Å². The predicted octanol–water partition coefficient (Wildman–Crippen LogP) is 5.07. The van der Waals surface area contributed by atoms with Crippen molar-refractivity contribution in [2.75, 3.05) is 33.0 Å². The van der Waals surface area contributed by atoms with E-state index >= 15 is 0 Å². The summed E-state index contributed by atoms with van der Waals surface area (Å²) in [5.74, 6) is -0.456. The summed E-state index contributed by atoms with van der Waals surface area (Å²) in [5.41, 5.74) is 3.89. The van der Waals surface area contributed by atoms with Gasteiger partial charge in [-0.15, -0.1) is 0 Å². The number of carboxylic acid groups (broad SMARTS) is 1. The van der Waals surface area contributed by atoms with Crippen LogP contribution in [0.4, 0.5) is 4.79 Å². The Hall–Kier alpha value is -3.60. The lowest BCUT2D eigenvalue weighted by molar-refractivity contribution is 0.0258.